The van der Waals surface area contributed by atoms with E-state index in [2.05, 4.69) is 54.1 Å². The molecule has 2 aliphatic rings. The van der Waals surface area contributed by atoms with E-state index in [9.17, 15) is 0 Å². The Morgan fingerprint density at radius 1 is 1.14 bits per heavy atom. The van der Waals surface area contributed by atoms with Gasteiger partial charge in [-0.2, -0.15) is 0 Å². The van der Waals surface area contributed by atoms with Crippen molar-refractivity contribution < 1.29 is 9.15 Å². The SMILES string of the molecule is Bc1ccc2oc3c(c2c1)CCC1c2cc(Br)ccc2OC31. The first-order chi connectivity index (χ1) is 10.7. The molecule has 2 unspecified atom stereocenters. The Labute approximate surface area is 138 Å². The van der Waals surface area contributed by atoms with Gasteiger partial charge in [0.2, 0.25) is 0 Å². The Hall–Kier alpha value is -1.68. The van der Waals surface area contributed by atoms with Crippen molar-refractivity contribution in [2.45, 2.75) is 24.9 Å². The van der Waals surface area contributed by atoms with Gasteiger partial charge in [-0.15, -0.1) is 0 Å². The standard InChI is InChI=1S/C18H14BBrO2/c19-9-1-5-15-13(7-9)11-3-4-12-14-8-10(20)2-6-16(14)22-18(12)17(11)21-15/h1-2,5-8,12,18H,3-4,19H2. The van der Waals surface area contributed by atoms with Crippen molar-refractivity contribution in [3.8, 4) is 5.75 Å². The van der Waals surface area contributed by atoms with Crippen molar-refractivity contribution in [1.82, 2.24) is 0 Å². The number of furan rings is 1. The summed E-state index contributed by atoms with van der Waals surface area (Å²) in [7, 11) is 2.13. The minimum atomic E-state index is 0.0285. The van der Waals surface area contributed by atoms with Crippen LogP contribution in [0, 0.1) is 0 Å². The van der Waals surface area contributed by atoms with E-state index in [1.54, 1.807) is 0 Å². The van der Waals surface area contributed by atoms with Crippen LogP contribution in [0.15, 0.2) is 45.3 Å². The van der Waals surface area contributed by atoms with Crippen LogP contribution in [0.3, 0.4) is 0 Å². The predicted octanol–water partition coefficient (Wildman–Crippen LogP) is 3.62. The van der Waals surface area contributed by atoms with Crippen molar-refractivity contribution >= 4 is 40.2 Å². The summed E-state index contributed by atoms with van der Waals surface area (Å²) in [5, 5.41) is 1.26. The average molecular weight is 353 g/mol. The van der Waals surface area contributed by atoms with Crippen molar-refractivity contribution in [3.63, 3.8) is 0 Å². The van der Waals surface area contributed by atoms with E-state index in [0.29, 0.717) is 5.92 Å². The van der Waals surface area contributed by atoms with E-state index >= 15 is 0 Å². The molecule has 5 rings (SSSR count). The number of aryl methyl sites for hydroxylation is 1. The highest BCUT2D eigenvalue weighted by molar-refractivity contribution is 9.10. The summed E-state index contributed by atoms with van der Waals surface area (Å²) in [6.45, 7) is 0. The van der Waals surface area contributed by atoms with Crippen LogP contribution in [0.25, 0.3) is 11.0 Å². The highest BCUT2D eigenvalue weighted by atomic mass is 79.9. The maximum atomic E-state index is 6.24. The van der Waals surface area contributed by atoms with Gasteiger partial charge >= 0.3 is 0 Å². The largest absolute Gasteiger partial charge is 0.482 e. The molecule has 0 radical (unpaired) electrons. The Bertz CT molecular complexity index is 915. The zero-order chi connectivity index (χ0) is 14.8. The molecule has 2 nitrogen and oxygen atoms in total. The van der Waals surface area contributed by atoms with Gasteiger partial charge in [-0.05, 0) is 37.1 Å². The van der Waals surface area contributed by atoms with Crippen LogP contribution in [0.2, 0.25) is 0 Å². The Balaban J connectivity index is 1.69. The average Bonchev–Trinajstić information content (AvgIpc) is 3.05. The monoisotopic (exact) mass is 352 g/mol. The topological polar surface area (TPSA) is 22.4 Å². The fourth-order valence-corrected chi connectivity index (χ4v) is 4.29. The lowest BCUT2D eigenvalue weighted by Crippen LogP contribution is -2.16. The zero-order valence-electron chi connectivity index (χ0n) is 12.2. The first kappa shape index (κ1) is 12.8. The number of hydrogen-bond donors (Lipinski definition) is 0. The number of rotatable bonds is 0. The van der Waals surface area contributed by atoms with Gasteiger partial charge < -0.3 is 9.15 Å². The van der Waals surface area contributed by atoms with Crippen molar-refractivity contribution in [2.24, 2.45) is 0 Å². The highest BCUT2D eigenvalue weighted by Gasteiger charge is 2.42. The van der Waals surface area contributed by atoms with Gasteiger partial charge in [0.1, 0.15) is 24.9 Å². The molecule has 2 aromatic carbocycles. The Morgan fingerprint density at radius 2 is 2.05 bits per heavy atom. The van der Waals surface area contributed by atoms with Gasteiger partial charge in [0.25, 0.3) is 0 Å². The van der Waals surface area contributed by atoms with Crippen molar-refractivity contribution in [3.05, 3.63) is 57.8 Å². The van der Waals surface area contributed by atoms with Gasteiger partial charge in [0.05, 0.1) is 0 Å². The highest BCUT2D eigenvalue weighted by Crippen LogP contribution is 2.53. The Kier molecular flexibility index (Phi) is 2.58. The third kappa shape index (κ3) is 1.67. The van der Waals surface area contributed by atoms with Crippen LogP contribution in [0.1, 0.15) is 35.3 Å². The molecule has 3 aromatic rings. The van der Waals surface area contributed by atoms with Crippen LogP contribution in [-0.2, 0) is 6.42 Å². The minimum Gasteiger partial charge on any atom is -0.482 e. The summed E-state index contributed by atoms with van der Waals surface area (Å²) in [6.07, 6.45) is 2.20. The molecule has 4 heteroatoms. The van der Waals surface area contributed by atoms with Crippen LogP contribution < -0.4 is 10.2 Å². The molecule has 108 valence electrons. The molecule has 0 saturated heterocycles. The molecular weight excluding hydrogens is 339 g/mol. The molecule has 0 amide bonds. The van der Waals surface area contributed by atoms with Gasteiger partial charge in [0.15, 0.2) is 6.10 Å². The van der Waals surface area contributed by atoms with E-state index in [1.807, 2.05) is 6.07 Å². The fourth-order valence-electron chi connectivity index (χ4n) is 3.91. The number of ether oxygens (including phenoxy) is 1. The predicted molar refractivity (Wildman–Crippen MR) is 93.0 cm³/mol. The van der Waals surface area contributed by atoms with E-state index < -0.39 is 0 Å². The molecule has 0 fully saturated rings. The fraction of sp³-hybridized carbons (Fsp3) is 0.222. The molecule has 0 spiro atoms. The number of fused-ring (bicyclic) bond motifs is 7. The summed E-state index contributed by atoms with van der Waals surface area (Å²) < 4.78 is 13.5. The summed E-state index contributed by atoms with van der Waals surface area (Å²) in [5.41, 5.74) is 4.91. The minimum absolute atomic E-state index is 0.0285. The molecule has 0 bridgehead atoms. The second kappa shape index (κ2) is 4.42. The molecule has 22 heavy (non-hydrogen) atoms. The lowest BCUT2D eigenvalue weighted by molar-refractivity contribution is 0.167. The number of hydrogen-bond acceptors (Lipinski definition) is 2. The number of benzene rings is 2. The van der Waals surface area contributed by atoms with Crippen LogP contribution in [-0.4, -0.2) is 7.85 Å². The molecule has 0 N–H and O–H groups in total. The van der Waals surface area contributed by atoms with Gasteiger partial charge in [-0.3, -0.25) is 0 Å². The third-order valence-corrected chi connectivity index (χ3v) is 5.43. The summed E-state index contributed by atoms with van der Waals surface area (Å²) in [5.74, 6) is 2.44. The van der Waals surface area contributed by atoms with Gasteiger partial charge in [-0.25, -0.2) is 0 Å². The van der Waals surface area contributed by atoms with E-state index in [1.165, 1.54) is 22.0 Å². The van der Waals surface area contributed by atoms with Crippen LogP contribution in [0.4, 0.5) is 0 Å². The summed E-state index contributed by atoms with van der Waals surface area (Å²) >= 11 is 3.57. The molecule has 2 atom stereocenters. The van der Waals surface area contributed by atoms with Crippen LogP contribution in [0.5, 0.6) is 5.75 Å². The first-order valence-electron chi connectivity index (χ1n) is 7.69. The molecule has 1 aliphatic heterocycles. The Morgan fingerprint density at radius 3 is 2.95 bits per heavy atom. The number of halogens is 1. The molecular formula is C18H14BBrO2. The van der Waals surface area contributed by atoms with Gasteiger partial charge in [-0.1, -0.05) is 33.5 Å². The second-order valence-corrected chi connectivity index (χ2v) is 7.23. The quantitative estimate of drug-likeness (QED) is 0.576. The van der Waals surface area contributed by atoms with E-state index in [4.69, 9.17) is 9.15 Å². The lowest BCUT2D eigenvalue weighted by Gasteiger charge is -2.23. The summed E-state index contributed by atoms with van der Waals surface area (Å²) in [4.78, 5) is 0. The van der Waals surface area contributed by atoms with E-state index in [0.717, 1.165) is 34.4 Å². The lowest BCUT2D eigenvalue weighted by atomic mass is 9.81. The molecule has 1 aliphatic carbocycles. The van der Waals surface area contributed by atoms with Crippen molar-refractivity contribution in [2.75, 3.05) is 0 Å². The third-order valence-electron chi connectivity index (χ3n) is 4.93. The maximum Gasteiger partial charge on any atom is 0.163 e. The van der Waals surface area contributed by atoms with Crippen LogP contribution >= 0.6 is 15.9 Å². The van der Waals surface area contributed by atoms with Gasteiger partial charge in [0, 0.05) is 26.9 Å². The second-order valence-electron chi connectivity index (χ2n) is 6.31. The molecule has 2 heterocycles. The maximum absolute atomic E-state index is 6.24. The normalized spacial score (nSPS) is 22.0. The first-order valence-corrected chi connectivity index (χ1v) is 8.48. The van der Waals surface area contributed by atoms with E-state index in [-0.39, 0.29) is 6.10 Å². The molecule has 0 saturated carbocycles. The molecule has 1 aromatic heterocycles. The zero-order valence-corrected chi connectivity index (χ0v) is 13.8. The van der Waals surface area contributed by atoms with Crippen molar-refractivity contribution in [1.29, 1.82) is 0 Å². The summed E-state index contributed by atoms with van der Waals surface area (Å²) in [6, 6.07) is 12.7. The smallest absolute Gasteiger partial charge is 0.163 e.